The third-order valence-electron chi connectivity index (χ3n) is 4.59. The van der Waals surface area contributed by atoms with Gasteiger partial charge in [-0.1, -0.05) is 11.2 Å². The van der Waals surface area contributed by atoms with Crippen LogP contribution in [0.2, 0.25) is 0 Å². The number of carbonyl (C=O) groups excluding carboxylic acids is 1. The summed E-state index contributed by atoms with van der Waals surface area (Å²) in [5.74, 6) is 0.686. The number of amides is 1. The fourth-order valence-corrected chi connectivity index (χ4v) is 4.76. The smallest absolute Gasteiger partial charge is 0.254 e. The average Bonchev–Trinajstić information content (AvgIpc) is 3.44. The summed E-state index contributed by atoms with van der Waals surface area (Å²) in [5.41, 5.74) is 1.000. The van der Waals surface area contributed by atoms with Gasteiger partial charge in [0.25, 0.3) is 5.91 Å². The monoisotopic (exact) mass is 448 g/mol. The molecule has 2 heterocycles. The third-order valence-corrected chi connectivity index (χ3v) is 7.33. The normalized spacial score (nSPS) is 11.4. The molecule has 0 N–H and O–H groups in total. The fraction of sp³-hybridized carbons (Fsp3) is 0.350. The molecule has 0 aliphatic carbocycles. The van der Waals surface area contributed by atoms with E-state index in [1.54, 1.807) is 43.0 Å². The van der Waals surface area contributed by atoms with Crippen LogP contribution in [0, 0.1) is 0 Å². The summed E-state index contributed by atoms with van der Waals surface area (Å²) in [4.78, 5) is 19.8. The van der Waals surface area contributed by atoms with Crippen molar-refractivity contribution in [3.63, 3.8) is 0 Å². The maximum atomic E-state index is 12.9. The molecule has 1 amide bonds. The Kier molecular flexibility index (Phi) is 6.88. The van der Waals surface area contributed by atoms with E-state index in [1.807, 2.05) is 24.4 Å². The highest BCUT2D eigenvalue weighted by Crippen LogP contribution is 2.23. The van der Waals surface area contributed by atoms with E-state index in [0.29, 0.717) is 36.1 Å². The molecule has 0 radical (unpaired) electrons. The minimum atomic E-state index is -3.36. The second-order valence-electron chi connectivity index (χ2n) is 6.42. The van der Waals surface area contributed by atoms with Crippen LogP contribution >= 0.6 is 11.3 Å². The predicted octanol–water partition coefficient (Wildman–Crippen LogP) is 3.64. The van der Waals surface area contributed by atoms with Crippen molar-refractivity contribution in [2.75, 3.05) is 23.1 Å². The highest BCUT2D eigenvalue weighted by atomic mass is 32.2. The molecule has 1 aromatic carbocycles. The van der Waals surface area contributed by atoms with Crippen LogP contribution in [0.4, 0.5) is 5.69 Å². The number of hydrogen-bond donors (Lipinski definition) is 0. The average molecular weight is 449 g/mol. The van der Waals surface area contributed by atoms with Gasteiger partial charge in [-0.2, -0.15) is 4.98 Å². The predicted molar refractivity (Wildman–Crippen MR) is 117 cm³/mol. The van der Waals surface area contributed by atoms with Crippen molar-refractivity contribution in [3.05, 3.63) is 53.2 Å². The zero-order valence-electron chi connectivity index (χ0n) is 17.1. The van der Waals surface area contributed by atoms with Crippen LogP contribution in [0.25, 0.3) is 10.7 Å². The first kappa shape index (κ1) is 22.0. The van der Waals surface area contributed by atoms with E-state index in [4.69, 9.17) is 4.52 Å². The lowest BCUT2D eigenvalue weighted by molar-refractivity contribution is 0.0734. The Hall–Kier alpha value is -2.72. The lowest BCUT2D eigenvalue weighted by Crippen LogP contribution is -2.32. The Morgan fingerprint density at radius 2 is 1.83 bits per heavy atom. The van der Waals surface area contributed by atoms with E-state index in [1.165, 1.54) is 15.6 Å². The molecule has 0 aliphatic heterocycles. The molecule has 0 saturated heterocycles. The number of rotatable bonds is 9. The summed E-state index contributed by atoms with van der Waals surface area (Å²) < 4.78 is 31.1. The first-order valence-electron chi connectivity index (χ1n) is 9.65. The van der Waals surface area contributed by atoms with Crippen LogP contribution in [-0.2, 0) is 16.6 Å². The largest absolute Gasteiger partial charge is 0.337 e. The number of aromatic nitrogens is 2. The summed E-state index contributed by atoms with van der Waals surface area (Å²) >= 11 is 1.51. The van der Waals surface area contributed by atoms with Gasteiger partial charge >= 0.3 is 0 Å². The Morgan fingerprint density at radius 3 is 2.40 bits per heavy atom. The highest BCUT2D eigenvalue weighted by molar-refractivity contribution is 7.92. The van der Waals surface area contributed by atoms with Crippen molar-refractivity contribution in [2.45, 2.75) is 27.3 Å². The molecule has 0 saturated carbocycles. The lowest BCUT2D eigenvalue weighted by Gasteiger charge is -2.23. The number of carbonyl (C=O) groups is 1. The van der Waals surface area contributed by atoms with Crippen molar-refractivity contribution in [3.8, 4) is 10.7 Å². The van der Waals surface area contributed by atoms with Gasteiger partial charge in [0.05, 0.1) is 16.3 Å². The quantitative estimate of drug-likeness (QED) is 0.496. The Labute approximate surface area is 180 Å². The van der Waals surface area contributed by atoms with Crippen LogP contribution in [0.3, 0.4) is 0 Å². The topological polar surface area (TPSA) is 96.6 Å². The van der Waals surface area contributed by atoms with E-state index in [2.05, 4.69) is 10.1 Å². The van der Waals surface area contributed by atoms with Gasteiger partial charge in [-0.05, 0) is 56.5 Å². The van der Waals surface area contributed by atoms with Crippen LogP contribution in [-0.4, -0.2) is 48.2 Å². The minimum Gasteiger partial charge on any atom is -0.337 e. The van der Waals surface area contributed by atoms with E-state index in [9.17, 15) is 13.2 Å². The van der Waals surface area contributed by atoms with Gasteiger partial charge in [-0.15, -0.1) is 11.3 Å². The lowest BCUT2D eigenvalue weighted by atomic mass is 10.1. The number of nitrogens with zero attached hydrogens (tertiary/aromatic N) is 4. The van der Waals surface area contributed by atoms with Gasteiger partial charge in [-0.3, -0.25) is 9.10 Å². The maximum absolute atomic E-state index is 12.9. The molecular weight excluding hydrogens is 424 g/mol. The third kappa shape index (κ3) is 4.71. The minimum absolute atomic E-state index is 0.0166. The Balaban J connectivity index is 1.74. The van der Waals surface area contributed by atoms with Crippen molar-refractivity contribution in [1.82, 2.24) is 15.0 Å². The molecule has 0 bridgehead atoms. The summed E-state index contributed by atoms with van der Waals surface area (Å²) in [5, 5.41) is 5.91. The summed E-state index contributed by atoms with van der Waals surface area (Å²) in [6.45, 7) is 6.24. The Morgan fingerprint density at radius 1 is 1.10 bits per heavy atom. The molecule has 0 unspecified atom stereocenters. The van der Waals surface area contributed by atoms with Gasteiger partial charge in [0.15, 0.2) is 0 Å². The molecule has 0 atom stereocenters. The summed E-state index contributed by atoms with van der Waals surface area (Å²) in [6.07, 6.45) is 0. The van der Waals surface area contributed by atoms with Gasteiger partial charge < -0.3 is 9.42 Å². The molecule has 3 rings (SSSR count). The molecule has 3 aromatic rings. The van der Waals surface area contributed by atoms with Crippen LogP contribution in [0.1, 0.15) is 37.0 Å². The number of anilines is 1. The maximum Gasteiger partial charge on any atom is 0.254 e. The number of sulfonamides is 1. The highest BCUT2D eigenvalue weighted by Gasteiger charge is 2.21. The van der Waals surface area contributed by atoms with Gasteiger partial charge in [0, 0.05) is 18.7 Å². The van der Waals surface area contributed by atoms with Gasteiger partial charge in [0.2, 0.25) is 21.7 Å². The van der Waals surface area contributed by atoms with E-state index in [0.717, 1.165) is 4.88 Å². The van der Waals surface area contributed by atoms with Gasteiger partial charge in [-0.25, -0.2) is 8.42 Å². The zero-order chi connectivity index (χ0) is 21.7. The SMILES string of the molecule is CCN(Cc1nc(-c2cccs2)no1)C(=O)c1ccc(N(CC)S(=O)(=O)CC)cc1. The Bertz CT molecular complexity index is 1080. The second kappa shape index (κ2) is 9.40. The molecule has 0 spiro atoms. The molecule has 10 heteroatoms. The number of thiophene rings is 1. The van der Waals surface area contributed by atoms with Gasteiger partial charge in [0.1, 0.15) is 6.54 Å². The molecule has 2 aromatic heterocycles. The van der Waals surface area contributed by atoms with E-state index < -0.39 is 10.0 Å². The first-order chi connectivity index (χ1) is 14.4. The van der Waals surface area contributed by atoms with Crippen LogP contribution in [0.15, 0.2) is 46.3 Å². The molecule has 0 fully saturated rings. The first-order valence-corrected chi connectivity index (χ1v) is 12.1. The number of hydrogen-bond acceptors (Lipinski definition) is 7. The second-order valence-corrected chi connectivity index (χ2v) is 9.55. The molecule has 0 aliphatic rings. The molecular formula is C20H24N4O4S2. The van der Waals surface area contributed by atoms with Crippen LogP contribution < -0.4 is 4.31 Å². The van der Waals surface area contributed by atoms with E-state index >= 15 is 0 Å². The summed E-state index contributed by atoms with van der Waals surface area (Å²) in [7, 11) is -3.36. The number of benzene rings is 1. The fourth-order valence-electron chi connectivity index (χ4n) is 2.96. The molecule has 160 valence electrons. The zero-order valence-corrected chi connectivity index (χ0v) is 18.7. The van der Waals surface area contributed by atoms with Crippen molar-refractivity contribution in [1.29, 1.82) is 0 Å². The molecule has 30 heavy (non-hydrogen) atoms. The van der Waals surface area contributed by atoms with Crippen molar-refractivity contribution >= 4 is 33.0 Å². The summed E-state index contributed by atoms with van der Waals surface area (Å²) in [6, 6.07) is 10.4. The van der Waals surface area contributed by atoms with E-state index in [-0.39, 0.29) is 18.2 Å². The van der Waals surface area contributed by atoms with Crippen molar-refractivity contribution < 1.29 is 17.7 Å². The molecule has 8 nitrogen and oxygen atoms in total. The standard InChI is InChI=1S/C20H24N4O4S2/c1-4-23(14-18-21-19(22-28-18)17-8-7-13-29-17)20(25)15-9-11-16(12-10-15)24(5-2)30(26,27)6-3/h7-13H,4-6,14H2,1-3H3. The van der Waals surface area contributed by atoms with Crippen LogP contribution in [0.5, 0.6) is 0 Å². The van der Waals surface area contributed by atoms with Crippen molar-refractivity contribution in [2.24, 2.45) is 0 Å².